The van der Waals surface area contributed by atoms with Crippen molar-refractivity contribution in [2.45, 2.75) is 12.5 Å². The maximum Gasteiger partial charge on any atom is 0.225 e. The number of carbonyl (C=O) groups excluding carboxylic acids is 1. The summed E-state index contributed by atoms with van der Waals surface area (Å²) in [6, 6.07) is 6.15. The number of aliphatic hydroxyl groups is 1. The number of hydrogen-bond donors (Lipinski definition) is 2. The van der Waals surface area contributed by atoms with Gasteiger partial charge < -0.3 is 14.8 Å². The van der Waals surface area contributed by atoms with Gasteiger partial charge in [-0.2, -0.15) is 0 Å². The van der Waals surface area contributed by atoms with Gasteiger partial charge in [-0.3, -0.25) is 4.79 Å². The van der Waals surface area contributed by atoms with E-state index in [0.29, 0.717) is 5.76 Å². The number of furan rings is 1. The second kappa shape index (κ2) is 6.29. The summed E-state index contributed by atoms with van der Waals surface area (Å²) in [5.41, 5.74) is -0.0429. The highest BCUT2D eigenvalue weighted by Gasteiger charge is 2.18. The van der Waals surface area contributed by atoms with Crippen LogP contribution in [0.4, 0.5) is 8.78 Å². The lowest BCUT2D eigenvalue weighted by Gasteiger charge is -2.14. The Kier molecular flexibility index (Phi) is 4.47. The van der Waals surface area contributed by atoms with Crippen molar-refractivity contribution in [3.63, 3.8) is 0 Å². The molecular weight excluding hydrogens is 268 g/mol. The van der Waals surface area contributed by atoms with E-state index in [0.717, 1.165) is 6.07 Å². The largest absolute Gasteiger partial charge is 0.467 e. The molecule has 0 radical (unpaired) electrons. The Bertz CT molecular complexity index is 584. The molecule has 0 aliphatic heterocycles. The number of rotatable bonds is 5. The summed E-state index contributed by atoms with van der Waals surface area (Å²) in [5, 5.41) is 11.7. The predicted octanol–water partition coefficient (Wildman–Crippen LogP) is 1.95. The van der Waals surface area contributed by atoms with Gasteiger partial charge in [0, 0.05) is 5.56 Å². The fourth-order valence-corrected chi connectivity index (χ4v) is 1.80. The number of aliphatic hydroxyl groups excluding tert-OH is 1. The maximum absolute atomic E-state index is 13.4. The average Bonchev–Trinajstić information content (AvgIpc) is 2.95. The molecule has 0 aliphatic carbocycles. The van der Waals surface area contributed by atoms with E-state index < -0.39 is 23.6 Å². The van der Waals surface area contributed by atoms with Crippen LogP contribution in [-0.2, 0) is 11.2 Å². The van der Waals surface area contributed by atoms with E-state index in [-0.39, 0.29) is 18.6 Å². The molecule has 6 heteroatoms. The molecule has 0 bridgehead atoms. The SMILES string of the molecule is O=C(Cc1cccc(F)c1F)NC(CO)c1ccco1. The molecule has 0 saturated carbocycles. The summed E-state index contributed by atoms with van der Waals surface area (Å²) >= 11 is 0. The van der Waals surface area contributed by atoms with Crippen molar-refractivity contribution in [3.8, 4) is 0 Å². The van der Waals surface area contributed by atoms with Crippen LogP contribution in [0.5, 0.6) is 0 Å². The zero-order valence-electron chi connectivity index (χ0n) is 10.5. The van der Waals surface area contributed by atoms with Gasteiger partial charge in [0.15, 0.2) is 11.6 Å². The summed E-state index contributed by atoms with van der Waals surface area (Å²) in [5.74, 6) is -2.19. The molecule has 0 saturated heterocycles. The molecule has 0 spiro atoms. The van der Waals surface area contributed by atoms with Crippen molar-refractivity contribution in [3.05, 3.63) is 59.6 Å². The van der Waals surface area contributed by atoms with Crippen LogP contribution < -0.4 is 5.32 Å². The monoisotopic (exact) mass is 281 g/mol. The third-order valence-electron chi connectivity index (χ3n) is 2.79. The van der Waals surface area contributed by atoms with Crippen molar-refractivity contribution < 1.29 is 23.1 Å². The van der Waals surface area contributed by atoms with Crippen LogP contribution in [0.3, 0.4) is 0 Å². The first-order valence-electron chi connectivity index (χ1n) is 5.98. The summed E-state index contributed by atoms with van der Waals surface area (Å²) in [6.07, 6.45) is 1.09. The van der Waals surface area contributed by atoms with Crippen LogP contribution in [-0.4, -0.2) is 17.6 Å². The molecule has 20 heavy (non-hydrogen) atoms. The minimum Gasteiger partial charge on any atom is -0.467 e. The summed E-state index contributed by atoms with van der Waals surface area (Å²) in [7, 11) is 0. The van der Waals surface area contributed by atoms with Crippen molar-refractivity contribution in [2.24, 2.45) is 0 Å². The smallest absolute Gasteiger partial charge is 0.225 e. The number of carbonyl (C=O) groups is 1. The molecule has 1 amide bonds. The number of nitrogens with one attached hydrogen (secondary N) is 1. The average molecular weight is 281 g/mol. The first kappa shape index (κ1) is 14.2. The van der Waals surface area contributed by atoms with Crippen LogP contribution in [0.1, 0.15) is 17.4 Å². The minimum atomic E-state index is -1.04. The van der Waals surface area contributed by atoms with Gasteiger partial charge in [0.1, 0.15) is 11.8 Å². The molecule has 0 aliphatic rings. The standard InChI is InChI=1S/C14H13F2NO3/c15-10-4-1-3-9(14(10)16)7-13(19)17-11(8-18)12-5-2-6-20-12/h1-6,11,18H,7-8H2,(H,17,19). The van der Waals surface area contributed by atoms with Crippen LogP contribution >= 0.6 is 0 Å². The molecule has 1 unspecified atom stereocenters. The molecule has 4 nitrogen and oxygen atoms in total. The Labute approximate surface area is 114 Å². The van der Waals surface area contributed by atoms with E-state index >= 15 is 0 Å². The first-order valence-corrected chi connectivity index (χ1v) is 5.98. The molecule has 2 rings (SSSR count). The Morgan fingerprint density at radius 2 is 2.10 bits per heavy atom. The van der Waals surface area contributed by atoms with Gasteiger partial charge in [0.25, 0.3) is 0 Å². The molecule has 2 aromatic rings. The Morgan fingerprint density at radius 3 is 2.75 bits per heavy atom. The van der Waals surface area contributed by atoms with Crippen LogP contribution in [0, 0.1) is 11.6 Å². The molecule has 1 heterocycles. The van der Waals surface area contributed by atoms with E-state index in [2.05, 4.69) is 5.32 Å². The Morgan fingerprint density at radius 1 is 1.30 bits per heavy atom. The van der Waals surface area contributed by atoms with E-state index in [4.69, 9.17) is 4.42 Å². The van der Waals surface area contributed by atoms with Gasteiger partial charge >= 0.3 is 0 Å². The van der Waals surface area contributed by atoms with Crippen molar-refractivity contribution in [1.82, 2.24) is 5.32 Å². The minimum absolute atomic E-state index is 0.0429. The molecule has 1 aromatic carbocycles. The second-order valence-electron chi connectivity index (χ2n) is 4.21. The van der Waals surface area contributed by atoms with E-state index in [9.17, 15) is 18.7 Å². The summed E-state index contributed by atoms with van der Waals surface area (Å²) < 4.78 is 31.5. The number of hydrogen-bond acceptors (Lipinski definition) is 3. The van der Waals surface area contributed by atoms with Crippen LogP contribution in [0.25, 0.3) is 0 Å². The second-order valence-corrected chi connectivity index (χ2v) is 4.21. The lowest BCUT2D eigenvalue weighted by molar-refractivity contribution is -0.121. The fraction of sp³-hybridized carbons (Fsp3) is 0.214. The zero-order valence-corrected chi connectivity index (χ0v) is 10.5. The Balaban J connectivity index is 2.03. The molecule has 106 valence electrons. The summed E-state index contributed by atoms with van der Waals surface area (Å²) in [6.45, 7) is -0.356. The fourth-order valence-electron chi connectivity index (χ4n) is 1.80. The Hall–Kier alpha value is -2.21. The topological polar surface area (TPSA) is 62.5 Å². The van der Waals surface area contributed by atoms with Gasteiger partial charge in [0.2, 0.25) is 5.91 Å². The van der Waals surface area contributed by atoms with Crippen molar-refractivity contribution in [2.75, 3.05) is 6.61 Å². The molecule has 1 atom stereocenters. The number of amides is 1. The van der Waals surface area contributed by atoms with Crippen molar-refractivity contribution in [1.29, 1.82) is 0 Å². The summed E-state index contributed by atoms with van der Waals surface area (Å²) in [4.78, 5) is 11.8. The van der Waals surface area contributed by atoms with Gasteiger partial charge in [-0.05, 0) is 18.2 Å². The van der Waals surface area contributed by atoms with Gasteiger partial charge in [-0.15, -0.1) is 0 Å². The molecule has 0 fully saturated rings. The highest BCUT2D eigenvalue weighted by molar-refractivity contribution is 5.79. The number of halogens is 2. The van der Waals surface area contributed by atoms with E-state index in [1.165, 1.54) is 18.4 Å². The van der Waals surface area contributed by atoms with E-state index in [1.54, 1.807) is 12.1 Å². The van der Waals surface area contributed by atoms with Gasteiger partial charge in [-0.1, -0.05) is 12.1 Å². The lowest BCUT2D eigenvalue weighted by Crippen LogP contribution is -2.32. The third kappa shape index (κ3) is 3.21. The quantitative estimate of drug-likeness (QED) is 0.880. The number of benzene rings is 1. The maximum atomic E-state index is 13.4. The van der Waals surface area contributed by atoms with Gasteiger partial charge in [0.05, 0.1) is 19.3 Å². The van der Waals surface area contributed by atoms with Crippen molar-refractivity contribution >= 4 is 5.91 Å². The molecule has 1 aromatic heterocycles. The molecule has 2 N–H and O–H groups in total. The highest BCUT2D eigenvalue weighted by atomic mass is 19.2. The van der Waals surface area contributed by atoms with E-state index in [1.807, 2.05) is 0 Å². The van der Waals surface area contributed by atoms with Crippen LogP contribution in [0.2, 0.25) is 0 Å². The first-order chi connectivity index (χ1) is 9.61. The lowest BCUT2D eigenvalue weighted by atomic mass is 10.1. The van der Waals surface area contributed by atoms with Crippen LogP contribution in [0.15, 0.2) is 41.0 Å². The zero-order chi connectivity index (χ0) is 14.5. The molecular formula is C14H13F2NO3. The third-order valence-corrected chi connectivity index (χ3v) is 2.79. The normalized spacial score (nSPS) is 12.2. The predicted molar refractivity (Wildman–Crippen MR) is 66.7 cm³/mol. The van der Waals surface area contributed by atoms with Gasteiger partial charge in [-0.25, -0.2) is 8.78 Å². The highest BCUT2D eigenvalue weighted by Crippen LogP contribution is 2.15.